The highest BCUT2D eigenvalue weighted by atomic mass is 32.2. The predicted molar refractivity (Wildman–Crippen MR) is 118 cm³/mol. The van der Waals surface area contributed by atoms with Gasteiger partial charge in [0.15, 0.2) is 0 Å². The van der Waals surface area contributed by atoms with Crippen LogP contribution in [0.2, 0.25) is 0 Å². The Kier molecular flexibility index (Phi) is 6.86. The summed E-state index contributed by atoms with van der Waals surface area (Å²) in [6, 6.07) is 11.0. The van der Waals surface area contributed by atoms with Crippen LogP contribution in [0.15, 0.2) is 58.6 Å². The number of imide groups is 1. The van der Waals surface area contributed by atoms with E-state index in [2.05, 4.69) is 15.7 Å². The quantitative estimate of drug-likeness (QED) is 0.433. The minimum atomic E-state index is -3.60. The number of hydrogen-bond donors (Lipinski definition) is 2. The Morgan fingerprint density at radius 2 is 1.88 bits per heavy atom. The fraction of sp³-hybridized carbons (Fsp3) is 0.300. The molecule has 0 spiro atoms. The highest BCUT2D eigenvalue weighted by Crippen LogP contribution is 2.31. The molecule has 4 amide bonds. The van der Waals surface area contributed by atoms with Crippen LogP contribution >= 0.6 is 11.8 Å². The maximum Gasteiger partial charge on any atom is 0.344 e. The van der Waals surface area contributed by atoms with Crippen LogP contribution in [0.4, 0.5) is 4.79 Å². The van der Waals surface area contributed by atoms with Crippen LogP contribution in [0.25, 0.3) is 0 Å². The van der Waals surface area contributed by atoms with Crippen molar-refractivity contribution in [2.24, 2.45) is 0 Å². The average Bonchev–Trinajstić information content (AvgIpc) is 3.03. The SMILES string of the molecule is CCC1(c2ccccc2)NC(=O)N(NC(=O)CSc2ccc(S(=O)(=O)N(C)C)cn2)C1=O. The number of thioether (sulfide) groups is 1. The van der Waals surface area contributed by atoms with E-state index in [1.807, 2.05) is 0 Å². The second-order valence-electron chi connectivity index (χ2n) is 7.14. The van der Waals surface area contributed by atoms with Gasteiger partial charge in [0.25, 0.3) is 5.91 Å². The highest BCUT2D eigenvalue weighted by molar-refractivity contribution is 7.99. The summed E-state index contributed by atoms with van der Waals surface area (Å²) in [5.41, 5.74) is 1.73. The fourth-order valence-electron chi connectivity index (χ4n) is 3.15. The van der Waals surface area contributed by atoms with Crippen LogP contribution in [-0.4, -0.2) is 60.4 Å². The maximum absolute atomic E-state index is 13.0. The van der Waals surface area contributed by atoms with Gasteiger partial charge in [0.05, 0.1) is 10.8 Å². The van der Waals surface area contributed by atoms with Crippen molar-refractivity contribution in [3.05, 3.63) is 54.2 Å². The third-order valence-corrected chi connectivity index (χ3v) is 7.71. The second-order valence-corrected chi connectivity index (χ2v) is 10.3. The van der Waals surface area contributed by atoms with Crippen LogP contribution < -0.4 is 10.7 Å². The molecule has 2 aromatic rings. The van der Waals surface area contributed by atoms with E-state index in [4.69, 9.17) is 0 Å². The number of hydrazine groups is 1. The van der Waals surface area contributed by atoms with E-state index in [1.54, 1.807) is 37.3 Å². The van der Waals surface area contributed by atoms with Gasteiger partial charge in [0.1, 0.15) is 10.4 Å². The number of carbonyl (C=O) groups excluding carboxylic acids is 3. The van der Waals surface area contributed by atoms with Gasteiger partial charge in [0.2, 0.25) is 15.9 Å². The Morgan fingerprint density at radius 3 is 2.44 bits per heavy atom. The summed E-state index contributed by atoms with van der Waals surface area (Å²) in [6.07, 6.45) is 1.53. The Labute approximate surface area is 190 Å². The topological polar surface area (TPSA) is 129 Å². The standard InChI is InChI=1S/C20H23N5O5S2/c1-4-20(14-8-6-5-7-9-14)18(27)25(19(28)22-20)23-16(26)13-31-17-11-10-15(12-21-17)32(29,30)24(2)3/h5-12H,4,13H2,1-3H3,(H,22,28)(H,23,26). The van der Waals surface area contributed by atoms with Crippen LogP contribution in [0.1, 0.15) is 18.9 Å². The molecule has 0 aliphatic carbocycles. The molecule has 10 nitrogen and oxygen atoms in total. The summed E-state index contributed by atoms with van der Waals surface area (Å²) in [4.78, 5) is 41.9. The number of rotatable bonds is 8. The first-order chi connectivity index (χ1) is 15.1. The molecule has 1 aromatic heterocycles. The number of hydrogen-bond acceptors (Lipinski definition) is 7. The largest absolute Gasteiger partial charge is 0.344 e. The first-order valence-corrected chi connectivity index (χ1v) is 12.1. The van der Waals surface area contributed by atoms with E-state index in [1.165, 1.54) is 32.4 Å². The molecule has 0 radical (unpaired) electrons. The van der Waals surface area contributed by atoms with Gasteiger partial charge in [-0.15, -0.1) is 0 Å². The molecule has 12 heteroatoms. The van der Waals surface area contributed by atoms with Gasteiger partial charge < -0.3 is 5.32 Å². The fourth-order valence-corrected chi connectivity index (χ4v) is 4.63. The van der Waals surface area contributed by atoms with Crippen LogP contribution in [0, 0.1) is 0 Å². The van der Waals surface area contributed by atoms with Crippen molar-refractivity contribution in [2.45, 2.75) is 28.8 Å². The number of nitrogens with zero attached hydrogens (tertiary/aromatic N) is 3. The van der Waals surface area contributed by atoms with Crippen molar-refractivity contribution >= 4 is 39.6 Å². The number of sulfonamides is 1. The summed E-state index contributed by atoms with van der Waals surface area (Å²) in [5, 5.41) is 3.80. The Hall–Kier alpha value is -2.96. The number of benzene rings is 1. The normalized spacial score (nSPS) is 18.7. The lowest BCUT2D eigenvalue weighted by atomic mass is 9.87. The smallest absolute Gasteiger partial charge is 0.318 e. The van der Waals surface area contributed by atoms with Crippen molar-refractivity contribution in [1.82, 2.24) is 25.0 Å². The molecule has 2 heterocycles. The van der Waals surface area contributed by atoms with Gasteiger partial charge in [-0.2, -0.15) is 5.01 Å². The number of urea groups is 1. The van der Waals surface area contributed by atoms with E-state index >= 15 is 0 Å². The van der Waals surface area contributed by atoms with E-state index in [-0.39, 0.29) is 10.6 Å². The van der Waals surface area contributed by atoms with Crippen LogP contribution in [0.5, 0.6) is 0 Å². The molecule has 1 saturated heterocycles. The Bertz CT molecular complexity index is 1120. The molecule has 1 aliphatic heterocycles. The van der Waals surface area contributed by atoms with Crippen molar-refractivity contribution in [1.29, 1.82) is 0 Å². The minimum absolute atomic E-state index is 0.0347. The van der Waals surface area contributed by atoms with E-state index in [0.29, 0.717) is 22.0 Å². The number of nitrogens with one attached hydrogen (secondary N) is 2. The van der Waals surface area contributed by atoms with Gasteiger partial charge in [-0.05, 0) is 24.1 Å². The predicted octanol–water partition coefficient (Wildman–Crippen LogP) is 1.31. The molecule has 2 N–H and O–H groups in total. The van der Waals surface area contributed by atoms with E-state index < -0.39 is 33.4 Å². The third kappa shape index (κ3) is 4.47. The zero-order chi connectivity index (χ0) is 23.5. The van der Waals surface area contributed by atoms with Gasteiger partial charge in [-0.3, -0.25) is 15.0 Å². The lowest BCUT2D eigenvalue weighted by Gasteiger charge is -2.25. The monoisotopic (exact) mass is 477 g/mol. The third-order valence-electron chi connectivity index (χ3n) is 4.96. The molecule has 170 valence electrons. The summed E-state index contributed by atoms with van der Waals surface area (Å²) in [5.74, 6) is -1.27. The van der Waals surface area contributed by atoms with Gasteiger partial charge >= 0.3 is 6.03 Å². The number of pyridine rings is 1. The van der Waals surface area contributed by atoms with Crippen LogP contribution in [0.3, 0.4) is 0 Å². The molecule has 1 aromatic carbocycles. The van der Waals surface area contributed by atoms with Gasteiger partial charge in [-0.1, -0.05) is 49.0 Å². The molecule has 1 atom stereocenters. The molecular weight excluding hydrogens is 454 g/mol. The lowest BCUT2D eigenvalue weighted by Crippen LogP contribution is -2.49. The molecule has 32 heavy (non-hydrogen) atoms. The lowest BCUT2D eigenvalue weighted by molar-refractivity contribution is -0.138. The first kappa shape index (κ1) is 23.7. The summed E-state index contributed by atoms with van der Waals surface area (Å²) < 4.78 is 25.2. The summed E-state index contributed by atoms with van der Waals surface area (Å²) >= 11 is 1.04. The average molecular weight is 478 g/mol. The Morgan fingerprint density at radius 1 is 1.19 bits per heavy atom. The van der Waals surface area contributed by atoms with Crippen LogP contribution in [-0.2, 0) is 25.2 Å². The highest BCUT2D eigenvalue weighted by Gasteiger charge is 2.52. The van der Waals surface area contributed by atoms with Gasteiger partial charge in [-0.25, -0.2) is 22.5 Å². The number of aromatic nitrogens is 1. The molecular formula is C20H23N5O5S2. The molecule has 0 bridgehead atoms. The molecule has 1 unspecified atom stereocenters. The van der Waals surface area contributed by atoms with Crippen molar-refractivity contribution in [3.8, 4) is 0 Å². The minimum Gasteiger partial charge on any atom is -0.318 e. The maximum atomic E-state index is 13.0. The van der Waals surface area contributed by atoms with E-state index in [0.717, 1.165) is 16.1 Å². The van der Waals surface area contributed by atoms with E-state index in [9.17, 15) is 22.8 Å². The Balaban J connectivity index is 1.64. The zero-order valence-electron chi connectivity index (χ0n) is 17.7. The summed E-state index contributed by atoms with van der Waals surface area (Å²) in [6.45, 7) is 1.78. The van der Waals surface area contributed by atoms with Crippen molar-refractivity contribution < 1.29 is 22.8 Å². The van der Waals surface area contributed by atoms with Gasteiger partial charge in [0, 0.05) is 20.3 Å². The second kappa shape index (κ2) is 9.27. The molecule has 3 rings (SSSR count). The number of carbonyl (C=O) groups is 3. The molecule has 1 fully saturated rings. The zero-order valence-corrected chi connectivity index (χ0v) is 19.4. The molecule has 0 saturated carbocycles. The summed E-state index contributed by atoms with van der Waals surface area (Å²) in [7, 11) is -0.756. The molecule has 1 aliphatic rings. The van der Waals surface area contributed by atoms with Crippen molar-refractivity contribution in [3.63, 3.8) is 0 Å². The first-order valence-electron chi connectivity index (χ1n) is 9.65. The van der Waals surface area contributed by atoms with Crippen molar-refractivity contribution in [2.75, 3.05) is 19.8 Å². The number of amides is 4.